The maximum absolute atomic E-state index is 12.5. The van der Waals surface area contributed by atoms with Crippen molar-refractivity contribution in [2.24, 2.45) is 11.8 Å². The van der Waals surface area contributed by atoms with Gasteiger partial charge in [0.05, 0.1) is 24.0 Å². The zero-order chi connectivity index (χ0) is 17.7. The number of carbonyl (C=O) groups is 3. The van der Waals surface area contributed by atoms with Gasteiger partial charge in [0.25, 0.3) is 0 Å². The van der Waals surface area contributed by atoms with Gasteiger partial charge >= 0.3 is 0 Å². The molecule has 0 aromatic heterocycles. The van der Waals surface area contributed by atoms with Crippen molar-refractivity contribution in [3.8, 4) is 0 Å². The summed E-state index contributed by atoms with van der Waals surface area (Å²) in [6.45, 7) is 1.98. The predicted octanol–water partition coefficient (Wildman–Crippen LogP) is 1.07. The molecule has 0 spiro atoms. The van der Waals surface area contributed by atoms with Crippen LogP contribution >= 0.6 is 0 Å². The SMILES string of the molecule is Cc1ccc(N)cc1NC(=O)CCN1C(=O)C2C3CCC(O3)C2C1=O. The van der Waals surface area contributed by atoms with Crippen molar-refractivity contribution in [3.63, 3.8) is 0 Å². The Balaban J connectivity index is 1.38. The maximum atomic E-state index is 12.5. The van der Waals surface area contributed by atoms with E-state index in [1.54, 1.807) is 12.1 Å². The van der Waals surface area contributed by atoms with E-state index in [0.29, 0.717) is 11.4 Å². The van der Waals surface area contributed by atoms with E-state index in [9.17, 15) is 14.4 Å². The van der Waals surface area contributed by atoms with Gasteiger partial charge in [0, 0.05) is 24.3 Å². The normalized spacial score (nSPS) is 30.0. The van der Waals surface area contributed by atoms with Crippen LogP contribution in [0.1, 0.15) is 24.8 Å². The van der Waals surface area contributed by atoms with E-state index in [4.69, 9.17) is 10.5 Å². The molecule has 3 aliphatic heterocycles. The number of benzene rings is 1. The van der Waals surface area contributed by atoms with Crippen LogP contribution in [0.15, 0.2) is 18.2 Å². The number of amides is 3. The van der Waals surface area contributed by atoms with Gasteiger partial charge in [-0.1, -0.05) is 6.07 Å². The smallest absolute Gasteiger partial charge is 0.235 e. The molecule has 25 heavy (non-hydrogen) atoms. The molecule has 2 bridgehead atoms. The molecule has 3 amide bonds. The Morgan fingerprint density at radius 3 is 2.52 bits per heavy atom. The minimum Gasteiger partial charge on any atom is -0.399 e. The summed E-state index contributed by atoms with van der Waals surface area (Å²) in [6, 6.07) is 5.29. The summed E-state index contributed by atoms with van der Waals surface area (Å²) in [5.41, 5.74) is 7.85. The van der Waals surface area contributed by atoms with Crippen LogP contribution in [-0.2, 0) is 19.1 Å². The van der Waals surface area contributed by atoms with E-state index in [2.05, 4.69) is 5.32 Å². The Morgan fingerprint density at radius 1 is 1.24 bits per heavy atom. The first-order valence-electron chi connectivity index (χ1n) is 8.62. The van der Waals surface area contributed by atoms with Crippen LogP contribution in [0.4, 0.5) is 11.4 Å². The summed E-state index contributed by atoms with van der Waals surface area (Å²) in [5, 5.41) is 2.79. The molecular formula is C18H21N3O4. The van der Waals surface area contributed by atoms with Gasteiger partial charge in [0.1, 0.15) is 0 Å². The van der Waals surface area contributed by atoms with Crippen LogP contribution in [0.2, 0.25) is 0 Å². The molecule has 0 aliphatic carbocycles. The molecule has 3 N–H and O–H groups in total. The van der Waals surface area contributed by atoms with E-state index in [1.807, 2.05) is 13.0 Å². The molecular weight excluding hydrogens is 322 g/mol. The number of nitrogens with one attached hydrogen (secondary N) is 1. The lowest BCUT2D eigenvalue weighted by Gasteiger charge is -2.17. The number of nitrogen functional groups attached to an aromatic ring is 1. The first-order chi connectivity index (χ1) is 12.0. The van der Waals surface area contributed by atoms with Crippen molar-refractivity contribution in [1.82, 2.24) is 4.90 Å². The Bertz CT molecular complexity index is 735. The van der Waals surface area contributed by atoms with Crippen LogP contribution in [0.3, 0.4) is 0 Å². The van der Waals surface area contributed by atoms with Gasteiger partial charge < -0.3 is 15.8 Å². The fourth-order valence-corrected chi connectivity index (χ4v) is 4.19. The molecule has 4 atom stereocenters. The van der Waals surface area contributed by atoms with Crippen LogP contribution in [0.5, 0.6) is 0 Å². The largest absolute Gasteiger partial charge is 0.399 e. The third kappa shape index (κ3) is 2.59. The molecule has 132 valence electrons. The number of imide groups is 1. The molecule has 3 saturated heterocycles. The second-order valence-electron chi connectivity index (χ2n) is 7.04. The third-order valence-electron chi connectivity index (χ3n) is 5.47. The second-order valence-corrected chi connectivity index (χ2v) is 7.04. The molecule has 3 aliphatic rings. The zero-order valence-corrected chi connectivity index (χ0v) is 14.0. The minimum atomic E-state index is -0.342. The Hall–Kier alpha value is -2.41. The van der Waals surface area contributed by atoms with Gasteiger partial charge in [0.2, 0.25) is 17.7 Å². The number of ether oxygens (including phenoxy) is 1. The molecule has 0 saturated carbocycles. The quantitative estimate of drug-likeness (QED) is 0.629. The molecule has 7 nitrogen and oxygen atoms in total. The number of aryl methyl sites for hydroxylation is 1. The minimum absolute atomic E-state index is 0.0708. The van der Waals surface area contributed by atoms with Crippen molar-refractivity contribution in [3.05, 3.63) is 23.8 Å². The van der Waals surface area contributed by atoms with Crippen molar-refractivity contribution in [2.75, 3.05) is 17.6 Å². The second kappa shape index (κ2) is 5.84. The van der Waals surface area contributed by atoms with Gasteiger partial charge in [-0.25, -0.2) is 0 Å². The van der Waals surface area contributed by atoms with E-state index in [1.165, 1.54) is 4.90 Å². The summed E-state index contributed by atoms with van der Waals surface area (Å²) < 4.78 is 5.70. The Kier molecular flexibility index (Phi) is 3.76. The summed E-state index contributed by atoms with van der Waals surface area (Å²) in [5.74, 6) is -1.30. The fourth-order valence-electron chi connectivity index (χ4n) is 4.19. The van der Waals surface area contributed by atoms with E-state index < -0.39 is 0 Å². The number of anilines is 2. The van der Waals surface area contributed by atoms with Gasteiger partial charge in [-0.05, 0) is 37.5 Å². The first-order valence-corrected chi connectivity index (χ1v) is 8.62. The molecule has 1 aromatic rings. The summed E-state index contributed by atoms with van der Waals surface area (Å²) >= 11 is 0. The van der Waals surface area contributed by atoms with Gasteiger partial charge in [-0.3, -0.25) is 19.3 Å². The first kappa shape index (κ1) is 16.1. The lowest BCUT2D eigenvalue weighted by molar-refractivity contribution is -0.142. The highest BCUT2D eigenvalue weighted by molar-refractivity contribution is 6.06. The predicted molar refractivity (Wildman–Crippen MR) is 90.4 cm³/mol. The molecule has 4 rings (SSSR count). The third-order valence-corrected chi connectivity index (χ3v) is 5.47. The number of nitrogens with two attached hydrogens (primary N) is 1. The van der Waals surface area contributed by atoms with Gasteiger partial charge in [-0.2, -0.15) is 0 Å². The average Bonchev–Trinajstić information content (AvgIpc) is 3.24. The number of carbonyl (C=O) groups excluding carboxylic acids is 3. The van der Waals surface area contributed by atoms with Crippen molar-refractivity contribution >= 4 is 29.1 Å². The number of likely N-dealkylation sites (tertiary alicyclic amines) is 1. The molecule has 4 unspecified atom stereocenters. The summed E-state index contributed by atoms with van der Waals surface area (Å²) in [7, 11) is 0. The number of hydrogen-bond acceptors (Lipinski definition) is 5. The highest BCUT2D eigenvalue weighted by atomic mass is 16.5. The van der Waals surface area contributed by atoms with E-state index >= 15 is 0 Å². The lowest BCUT2D eigenvalue weighted by Crippen LogP contribution is -2.36. The van der Waals surface area contributed by atoms with E-state index in [-0.39, 0.29) is 54.7 Å². The van der Waals surface area contributed by atoms with Crippen LogP contribution in [-0.4, -0.2) is 41.4 Å². The summed E-state index contributed by atoms with van der Waals surface area (Å²) in [6.07, 6.45) is 1.50. The molecule has 3 fully saturated rings. The van der Waals surface area contributed by atoms with Gasteiger partial charge in [0.15, 0.2) is 0 Å². The molecule has 7 heteroatoms. The molecule has 1 aromatic carbocycles. The number of nitrogens with zero attached hydrogens (tertiary/aromatic N) is 1. The average molecular weight is 343 g/mol. The number of rotatable bonds is 4. The number of fused-ring (bicyclic) bond motifs is 5. The topological polar surface area (TPSA) is 102 Å². The molecule has 3 heterocycles. The summed E-state index contributed by atoms with van der Waals surface area (Å²) in [4.78, 5) is 38.5. The Morgan fingerprint density at radius 2 is 1.88 bits per heavy atom. The highest BCUT2D eigenvalue weighted by Crippen LogP contribution is 2.48. The molecule has 0 radical (unpaired) electrons. The van der Waals surface area contributed by atoms with Crippen molar-refractivity contribution in [1.29, 1.82) is 0 Å². The monoisotopic (exact) mass is 343 g/mol. The van der Waals surface area contributed by atoms with Crippen LogP contribution in [0.25, 0.3) is 0 Å². The fraction of sp³-hybridized carbons (Fsp3) is 0.500. The standard InChI is InChI=1S/C18H21N3O4/c1-9-2-3-10(19)8-11(9)20-14(22)6-7-21-17(23)15-12-4-5-13(25-12)16(15)18(21)24/h2-3,8,12-13,15-16H,4-7,19H2,1H3,(H,20,22). The Labute approximate surface area is 145 Å². The van der Waals surface area contributed by atoms with Crippen LogP contribution < -0.4 is 11.1 Å². The van der Waals surface area contributed by atoms with Crippen molar-refractivity contribution in [2.45, 2.75) is 38.4 Å². The van der Waals surface area contributed by atoms with Crippen LogP contribution in [0, 0.1) is 18.8 Å². The van der Waals surface area contributed by atoms with E-state index in [0.717, 1.165) is 18.4 Å². The lowest BCUT2D eigenvalue weighted by atomic mass is 9.81. The van der Waals surface area contributed by atoms with Crippen molar-refractivity contribution < 1.29 is 19.1 Å². The highest BCUT2D eigenvalue weighted by Gasteiger charge is 2.62. The number of hydrogen-bond donors (Lipinski definition) is 2. The zero-order valence-electron chi connectivity index (χ0n) is 14.0. The maximum Gasteiger partial charge on any atom is 0.235 e. The van der Waals surface area contributed by atoms with Gasteiger partial charge in [-0.15, -0.1) is 0 Å².